The van der Waals surface area contributed by atoms with Crippen LogP contribution in [0.2, 0.25) is 0 Å². The zero-order valence-corrected chi connectivity index (χ0v) is 26.4. The fourth-order valence-electron chi connectivity index (χ4n) is 5.12. The van der Waals surface area contributed by atoms with E-state index in [9.17, 15) is 14.4 Å². The molecule has 9 heteroatoms. The molecule has 0 fully saturated rings. The van der Waals surface area contributed by atoms with E-state index in [1.807, 2.05) is 85.8 Å². The molecular formula is C39H32N4O5. The number of amides is 1. The molecule has 6 aromatic rings. The molecule has 0 radical (unpaired) electrons. The van der Waals surface area contributed by atoms with Crippen LogP contribution in [-0.4, -0.2) is 34.7 Å². The van der Waals surface area contributed by atoms with Gasteiger partial charge < -0.3 is 20.1 Å². The average Bonchev–Trinajstić information content (AvgIpc) is 3.12. The van der Waals surface area contributed by atoms with Gasteiger partial charge in [0.25, 0.3) is 5.91 Å². The summed E-state index contributed by atoms with van der Waals surface area (Å²) >= 11 is 0. The van der Waals surface area contributed by atoms with Gasteiger partial charge in [-0.15, -0.1) is 0 Å². The van der Waals surface area contributed by atoms with Crippen molar-refractivity contribution in [1.82, 2.24) is 9.97 Å². The van der Waals surface area contributed by atoms with Gasteiger partial charge in [-0.25, -0.2) is 14.8 Å². The number of ether oxygens (including phenoxy) is 2. The number of esters is 1. The SMILES string of the molecule is CCOC(=O)c1ccc(C(=O)Nc2cc(Nc3ncc4cc(-c5ccc(OCc6ccccc6)cc5C=O)ccc4n3)ccc2C)cc1. The van der Waals surface area contributed by atoms with Gasteiger partial charge in [-0.3, -0.25) is 9.59 Å². The Balaban J connectivity index is 1.14. The second kappa shape index (κ2) is 14.4. The summed E-state index contributed by atoms with van der Waals surface area (Å²) in [6, 6.07) is 33.0. The minimum absolute atomic E-state index is 0.279. The summed E-state index contributed by atoms with van der Waals surface area (Å²) in [4.78, 5) is 46.1. The van der Waals surface area contributed by atoms with Crippen LogP contribution in [0.25, 0.3) is 22.0 Å². The second-order valence-corrected chi connectivity index (χ2v) is 11.0. The van der Waals surface area contributed by atoms with E-state index >= 15 is 0 Å². The molecule has 1 heterocycles. The molecule has 48 heavy (non-hydrogen) atoms. The lowest BCUT2D eigenvalue weighted by atomic mass is 9.99. The molecule has 0 saturated heterocycles. The zero-order valence-electron chi connectivity index (χ0n) is 26.4. The van der Waals surface area contributed by atoms with Gasteiger partial charge in [0.2, 0.25) is 5.95 Å². The van der Waals surface area contributed by atoms with Crippen molar-refractivity contribution in [3.8, 4) is 16.9 Å². The summed E-state index contributed by atoms with van der Waals surface area (Å²) in [5.74, 6) is 0.265. The van der Waals surface area contributed by atoms with Crippen molar-refractivity contribution in [2.45, 2.75) is 20.5 Å². The number of carbonyl (C=O) groups excluding carboxylic acids is 3. The Morgan fingerprint density at radius 2 is 1.65 bits per heavy atom. The first-order chi connectivity index (χ1) is 23.4. The first-order valence-corrected chi connectivity index (χ1v) is 15.4. The fraction of sp³-hybridized carbons (Fsp3) is 0.103. The first kappa shape index (κ1) is 31.6. The molecule has 0 aliphatic heterocycles. The van der Waals surface area contributed by atoms with Gasteiger partial charge in [0.15, 0.2) is 6.29 Å². The smallest absolute Gasteiger partial charge is 0.338 e. The minimum Gasteiger partial charge on any atom is -0.489 e. The van der Waals surface area contributed by atoms with E-state index in [1.54, 1.807) is 43.5 Å². The predicted molar refractivity (Wildman–Crippen MR) is 186 cm³/mol. The molecule has 0 aliphatic rings. The molecule has 0 unspecified atom stereocenters. The lowest BCUT2D eigenvalue weighted by Gasteiger charge is -2.13. The first-order valence-electron chi connectivity index (χ1n) is 15.4. The number of fused-ring (bicyclic) bond motifs is 1. The van der Waals surface area contributed by atoms with Crippen molar-refractivity contribution < 1.29 is 23.9 Å². The Morgan fingerprint density at radius 3 is 2.42 bits per heavy atom. The molecule has 0 saturated carbocycles. The van der Waals surface area contributed by atoms with E-state index < -0.39 is 5.97 Å². The Hall–Kier alpha value is -6.35. The van der Waals surface area contributed by atoms with E-state index in [-0.39, 0.29) is 12.5 Å². The van der Waals surface area contributed by atoms with Crippen molar-refractivity contribution in [2.75, 3.05) is 17.2 Å². The van der Waals surface area contributed by atoms with Gasteiger partial charge in [-0.05, 0) is 103 Å². The van der Waals surface area contributed by atoms with Crippen LogP contribution < -0.4 is 15.4 Å². The molecule has 0 atom stereocenters. The summed E-state index contributed by atoms with van der Waals surface area (Å²) in [5.41, 5.74) is 6.90. The van der Waals surface area contributed by atoms with Gasteiger partial charge in [0.1, 0.15) is 12.4 Å². The van der Waals surface area contributed by atoms with Crippen LogP contribution in [0.3, 0.4) is 0 Å². The van der Waals surface area contributed by atoms with E-state index in [2.05, 4.69) is 20.6 Å². The number of hydrogen-bond donors (Lipinski definition) is 2. The number of rotatable bonds is 11. The van der Waals surface area contributed by atoms with Gasteiger partial charge >= 0.3 is 5.97 Å². The number of carbonyl (C=O) groups is 3. The van der Waals surface area contributed by atoms with Crippen LogP contribution in [0.5, 0.6) is 5.75 Å². The highest BCUT2D eigenvalue weighted by molar-refractivity contribution is 6.05. The molecule has 1 amide bonds. The quantitative estimate of drug-likeness (QED) is 0.108. The molecular weight excluding hydrogens is 604 g/mol. The summed E-state index contributed by atoms with van der Waals surface area (Å²) in [6.45, 7) is 4.33. The minimum atomic E-state index is -0.432. The molecule has 0 bridgehead atoms. The van der Waals surface area contributed by atoms with Crippen LogP contribution in [0.4, 0.5) is 17.3 Å². The lowest BCUT2D eigenvalue weighted by Crippen LogP contribution is -2.13. The third-order valence-corrected chi connectivity index (χ3v) is 7.69. The lowest BCUT2D eigenvalue weighted by molar-refractivity contribution is 0.0526. The van der Waals surface area contributed by atoms with E-state index in [0.717, 1.165) is 39.4 Å². The Kier molecular flexibility index (Phi) is 9.48. The summed E-state index contributed by atoms with van der Waals surface area (Å²) in [5, 5.41) is 6.96. The second-order valence-electron chi connectivity index (χ2n) is 11.0. The molecule has 2 N–H and O–H groups in total. The Bertz CT molecular complexity index is 2110. The van der Waals surface area contributed by atoms with Crippen molar-refractivity contribution in [2.24, 2.45) is 0 Å². The van der Waals surface area contributed by atoms with Gasteiger partial charge in [-0.1, -0.05) is 42.5 Å². The van der Waals surface area contributed by atoms with Crippen LogP contribution in [0, 0.1) is 6.92 Å². The van der Waals surface area contributed by atoms with Crippen LogP contribution in [0.1, 0.15) is 49.1 Å². The number of aromatic nitrogens is 2. The third-order valence-electron chi connectivity index (χ3n) is 7.69. The number of nitrogens with one attached hydrogen (secondary N) is 2. The van der Waals surface area contributed by atoms with Crippen LogP contribution in [-0.2, 0) is 11.3 Å². The maximum absolute atomic E-state index is 13.0. The monoisotopic (exact) mass is 636 g/mol. The van der Waals surface area contributed by atoms with Crippen molar-refractivity contribution >= 4 is 46.4 Å². The Morgan fingerprint density at radius 1 is 0.854 bits per heavy atom. The third kappa shape index (κ3) is 7.37. The number of anilines is 3. The summed E-state index contributed by atoms with van der Waals surface area (Å²) in [7, 11) is 0. The highest BCUT2D eigenvalue weighted by Gasteiger charge is 2.13. The largest absolute Gasteiger partial charge is 0.489 e. The molecule has 1 aromatic heterocycles. The molecule has 238 valence electrons. The Labute approximate surface area is 277 Å². The van der Waals surface area contributed by atoms with Crippen molar-refractivity contribution in [1.29, 1.82) is 0 Å². The number of benzene rings is 5. The molecule has 9 nitrogen and oxygen atoms in total. The number of aryl methyl sites for hydroxylation is 1. The predicted octanol–water partition coefficient (Wildman–Crippen LogP) is 8.17. The number of hydrogen-bond acceptors (Lipinski definition) is 8. The van der Waals surface area contributed by atoms with Gasteiger partial charge in [-0.2, -0.15) is 0 Å². The summed E-state index contributed by atoms with van der Waals surface area (Å²) < 4.78 is 10.9. The summed E-state index contributed by atoms with van der Waals surface area (Å²) in [6.07, 6.45) is 2.56. The number of aldehydes is 1. The van der Waals surface area contributed by atoms with Crippen molar-refractivity contribution in [3.63, 3.8) is 0 Å². The van der Waals surface area contributed by atoms with E-state index in [4.69, 9.17) is 9.47 Å². The van der Waals surface area contributed by atoms with Gasteiger partial charge in [0.05, 0.1) is 17.7 Å². The van der Waals surface area contributed by atoms with E-state index in [0.29, 0.717) is 46.4 Å². The molecule has 0 spiro atoms. The van der Waals surface area contributed by atoms with Crippen LogP contribution in [0.15, 0.2) is 115 Å². The van der Waals surface area contributed by atoms with E-state index in [1.165, 1.54) is 0 Å². The highest BCUT2D eigenvalue weighted by atomic mass is 16.5. The normalized spacial score (nSPS) is 10.7. The maximum Gasteiger partial charge on any atom is 0.338 e. The number of nitrogens with zero attached hydrogens (tertiary/aromatic N) is 2. The molecule has 6 rings (SSSR count). The fourth-order valence-corrected chi connectivity index (χ4v) is 5.12. The standard InChI is InChI=1S/C39H32N4O5/c1-3-47-38(46)28-12-10-27(11-13-28)37(45)42-36-21-32(15-9-25(36)2)41-39-40-22-30-19-29(14-18-35(30)43-39)34-17-16-33(20-31(34)23-44)48-24-26-7-5-4-6-8-26/h4-23H,3,24H2,1-2H3,(H,42,45)(H,40,41,43). The maximum atomic E-state index is 13.0. The molecule has 5 aromatic carbocycles. The highest BCUT2D eigenvalue weighted by Crippen LogP contribution is 2.30. The van der Waals surface area contributed by atoms with Gasteiger partial charge in [0, 0.05) is 34.1 Å². The topological polar surface area (TPSA) is 120 Å². The average molecular weight is 637 g/mol. The van der Waals surface area contributed by atoms with Crippen molar-refractivity contribution in [3.05, 3.63) is 143 Å². The molecule has 0 aliphatic carbocycles. The van der Waals surface area contributed by atoms with Crippen LogP contribution >= 0.6 is 0 Å². The zero-order chi connectivity index (χ0) is 33.5.